The van der Waals surface area contributed by atoms with Crippen molar-refractivity contribution < 1.29 is 9.53 Å². The Hall–Kier alpha value is -2.71. The van der Waals surface area contributed by atoms with Crippen molar-refractivity contribution in [1.82, 2.24) is 10.3 Å². The van der Waals surface area contributed by atoms with E-state index in [1.54, 1.807) is 24.3 Å². The number of thiazole rings is 1. The van der Waals surface area contributed by atoms with Crippen LogP contribution in [0, 0.1) is 0 Å². The Morgan fingerprint density at radius 3 is 2.58 bits per heavy atom. The third kappa shape index (κ3) is 5.32. The molecule has 0 saturated heterocycles. The first kappa shape index (κ1) is 21.5. The highest BCUT2D eigenvalue weighted by Crippen LogP contribution is 2.40. The number of rotatable bonds is 5. The van der Waals surface area contributed by atoms with Crippen LogP contribution in [0.2, 0.25) is 10.0 Å². The van der Waals surface area contributed by atoms with Crippen LogP contribution in [0.4, 0.5) is 5.69 Å². The molecule has 0 atom stereocenters. The Labute approximate surface area is 198 Å². The summed E-state index contributed by atoms with van der Waals surface area (Å²) in [5.41, 5.74) is 2.08. The Morgan fingerprint density at radius 2 is 1.81 bits per heavy atom. The summed E-state index contributed by atoms with van der Waals surface area (Å²) in [7, 11) is 0. The molecule has 0 aliphatic heterocycles. The van der Waals surface area contributed by atoms with Gasteiger partial charge < -0.3 is 10.1 Å². The monoisotopic (exact) mass is 487 g/mol. The average molecular weight is 488 g/mol. The van der Waals surface area contributed by atoms with Gasteiger partial charge in [0.1, 0.15) is 10.8 Å². The minimum atomic E-state index is -0.395. The normalized spacial score (nSPS) is 10.6. The summed E-state index contributed by atoms with van der Waals surface area (Å²) in [5.74, 6) is 0.198. The van der Waals surface area contributed by atoms with E-state index in [2.05, 4.69) is 15.6 Å². The number of fused-ring (bicyclic) bond motifs is 1. The van der Waals surface area contributed by atoms with Gasteiger partial charge in [-0.15, -0.1) is 11.3 Å². The van der Waals surface area contributed by atoms with Crippen LogP contribution in [0.5, 0.6) is 5.75 Å². The lowest BCUT2D eigenvalue weighted by Crippen LogP contribution is -2.37. The Bertz CT molecular complexity index is 1230. The van der Waals surface area contributed by atoms with Crippen molar-refractivity contribution in [3.05, 3.63) is 76.8 Å². The molecule has 0 unspecified atom stereocenters. The quantitative estimate of drug-likeness (QED) is 0.330. The summed E-state index contributed by atoms with van der Waals surface area (Å²) >= 11 is 19.5. The summed E-state index contributed by atoms with van der Waals surface area (Å²) in [6, 6.07) is 20.2. The number of nitrogens with zero attached hydrogens (tertiary/aromatic N) is 1. The van der Waals surface area contributed by atoms with E-state index in [0.717, 1.165) is 15.2 Å². The second-order valence-electron chi connectivity index (χ2n) is 6.40. The van der Waals surface area contributed by atoms with Crippen molar-refractivity contribution in [3.63, 3.8) is 0 Å². The number of hydrogen-bond acceptors (Lipinski definition) is 5. The number of nitrogens with one attached hydrogen (secondary N) is 2. The summed E-state index contributed by atoms with van der Waals surface area (Å²) < 4.78 is 6.47. The smallest absolute Gasteiger partial charge is 0.264 e. The van der Waals surface area contributed by atoms with E-state index in [-0.39, 0.29) is 11.7 Å². The molecule has 1 amide bonds. The Kier molecular flexibility index (Phi) is 6.67. The Balaban J connectivity index is 1.51. The van der Waals surface area contributed by atoms with Gasteiger partial charge in [-0.25, -0.2) is 4.98 Å². The second kappa shape index (κ2) is 9.62. The number of hydrogen-bond donors (Lipinski definition) is 2. The zero-order valence-electron chi connectivity index (χ0n) is 15.9. The summed E-state index contributed by atoms with van der Waals surface area (Å²) in [4.78, 5) is 16.9. The first-order valence-corrected chi connectivity index (χ1v) is 11.1. The number of para-hydroxylation sites is 2. The van der Waals surface area contributed by atoms with Gasteiger partial charge in [0.25, 0.3) is 5.91 Å². The zero-order valence-corrected chi connectivity index (χ0v) is 19.0. The number of carbonyl (C=O) groups excluding carboxylic acids is 1. The van der Waals surface area contributed by atoms with Crippen LogP contribution in [0.15, 0.2) is 66.7 Å². The van der Waals surface area contributed by atoms with Gasteiger partial charge in [0.2, 0.25) is 0 Å². The number of ether oxygens (including phenoxy) is 1. The molecule has 0 saturated carbocycles. The molecule has 4 aromatic rings. The zero-order chi connectivity index (χ0) is 21.8. The molecule has 0 bridgehead atoms. The van der Waals surface area contributed by atoms with E-state index in [0.29, 0.717) is 27.0 Å². The van der Waals surface area contributed by atoms with Crippen LogP contribution < -0.4 is 15.4 Å². The fraction of sp³-hybridized carbons (Fsp3) is 0.0455. The maximum atomic E-state index is 12.2. The van der Waals surface area contributed by atoms with Crippen molar-refractivity contribution in [2.24, 2.45) is 0 Å². The average Bonchev–Trinajstić information content (AvgIpc) is 3.19. The molecule has 4 rings (SSSR count). The van der Waals surface area contributed by atoms with Gasteiger partial charge in [-0.3, -0.25) is 10.1 Å². The largest absolute Gasteiger partial charge is 0.484 e. The molecule has 0 spiro atoms. The molecule has 9 heteroatoms. The molecule has 31 heavy (non-hydrogen) atoms. The SMILES string of the molecule is O=C(COc1ccccc1)NC(=S)Nc1c(Cl)cc(Cl)cc1-c1nc2ccccc2s1. The molecule has 1 heterocycles. The minimum absolute atomic E-state index is 0.0910. The van der Waals surface area contributed by atoms with Crippen molar-refractivity contribution >= 4 is 73.7 Å². The van der Waals surface area contributed by atoms with Gasteiger partial charge >= 0.3 is 0 Å². The molecule has 5 nitrogen and oxygen atoms in total. The molecule has 1 aromatic heterocycles. The number of halogens is 2. The summed E-state index contributed by atoms with van der Waals surface area (Å²) in [5, 5.41) is 7.24. The van der Waals surface area contributed by atoms with Crippen LogP contribution in [0.3, 0.4) is 0 Å². The molecule has 0 fully saturated rings. The molecule has 0 aliphatic carbocycles. The number of amides is 1. The molecule has 156 valence electrons. The van der Waals surface area contributed by atoms with Gasteiger partial charge in [-0.1, -0.05) is 53.5 Å². The van der Waals surface area contributed by atoms with E-state index in [4.69, 9.17) is 40.2 Å². The van der Waals surface area contributed by atoms with Crippen molar-refractivity contribution in [2.45, 2.75) is 0 Å². The number of thiocarbonyl (C=S) groups is 1. The van der Waals surface area contributed by atoms with Crippen LogP contribution in [-0.4, -0.2) is 22.6 Å². The van der Waals surface area contributed by atoms with Crippen LogP contribution in [-0.2, 0) is 4.79 Å². The lowest BCUT2D eigenvalue weighted by atomic mass is 10.2. The van der Waals surface area contributed by atoms with E-state index in [9.17, 15) is 4.79 Å². The fourth-order valence-corrected chi connectivity index (χ4v) is 4.57. The molecular weight excluding hydrogens is 473 g/mol. The molecule has 2 N–H and O–H groups in total. The summed E-state index contributed by atoms with van der Waals surface area (Å²) in [6.07, 6.45) is 0. The maximum absolute atomic E-state index is 12.2. The lowest BCUT2D eigenvalue weighted by molar-refractivity contribution is -0.121. The van der Waals surface area contributed by atoms with Crippen LogP contribution >= 0.6 is 46.8 Å². The van der Waals surface area contributed by atoms with Gasteiger partial charge in [0, 0.05) is 10.6 Å². The maximum Gasteiger partial charge on any atom is 0.264 e. The second-order valence-corrected chi connectivity index (χ2v) is 8.68. The third-order valence-electron chi connectivity index (χ3n) is 4.18. The van der Waals surface area contributed by atoms with Gasteiger partial charge in [-0.05, 0) is 48.6 Å². The highest BCUT2D eigenvalue weighted by molar-refractivity contribution is 7.80. The van der Waals surface area contributed by atoms with Gasteiger partial charge in [-0.2, -0.15) is 0 Å². The molecule has 0 radical (unpaired) electrons. The first-order chi connectivity index (χ1) is 15.0. The van der Waals surface area contributed by atoms with Crippen LogP contribution in [0.25, 0.3) is 20.8 Å². The first-order valence-electron chi connectivity index (χ1n) is 9.13. The number of aromatic nitrogens is 1. The topological polar surface area (TPSA) is 63.2 Å². The van der Waals surface area contributed by atoms with E-state index >= 15 is 0 Å². The fourth-order valence-electron chi connectivity index (χ4n) is 2.83. The summed E-state index contributed by atoms with van der Waals surface area (Å²) in [6.45, 7) is -0.176. The predicted molar refractivity (Wildman–Crippen MR) is 131 cm³/mol. The van der Waals surface area contributed by atoms with E-state index in [1.165, 1.54) is 11.3 Å². The van der Waals surface area contributed by atoms with Gasteiger partial charge in [0.05, 0.1) is 20.9 Å². The van der Waals surface area contributed by atoms with Crippen molar-refractivity contribution in [1.29, 1.82) is 0 Å². The third-order valence-corrected chi connectivity index (χ3v) is 5.97. The predicted octanol–water partition coefficient (Wildman–Crippen LogP) is 6.16. The molecular formula is C22H15Cl2N3O2S2. The number of anilines is 1. The van der Waals surface area contributed by atoms with Crippen molar-refractivity contribution in [3.8, 4) is 16.3 Å². The minimum Gasteiger partial charge on any atom is -0.484 e. The lowest BCUT2D eigenvalue weighted by Gasteiger charge is -2.15. The standard InChI is InChI=1S/C22H15Cl2N3O2S2/c23-13-10-15(21-25-17-8-4-5-9-18(17)31-21)20(16(24)11-13)27-22(30)26-19(28)12-29-14-6-2-1-3-7-14/h1-11H,12H2,(H2,26,27,28,30). The molecule has 0 aliphatic rings. The highest BCUT2D eigenvalue weighted by atomic mass is 35.5. The highest BCUT2D eigenvalue weighted by Gasteiger charge is 2.17. The number of benzene rings is 3. The van der Waals surface area contributed by atoms with Gasteiger partial charge in [0.15, 0.2) is 11.7 Å². The Morgan fingerprint density at radius 1 is 1.06 bits per heavy atom. The van der Waals surface area contributed by atoms with E-state index in [1.807, 2.05) is 42.5 Å². The molecule has 3 aromatic carbocycles. The van der Waals surface area contributed by atoms with E-state index < -0.39 is 5.91 Å². The number of carbonyl (C=O) groups is 1. The van der Waals surface area contributed by atoms with Crippen LogP contribution in [0.1, 0.15) is 0 Å². The van der Waals surface area contributed by atoms with Crippen molar-refractivity contribution in [2.75, 3.05) is 11.9 Å².